The highest BCUT2D eigenvalue weighted by atomic mass is 16.2. The van der Waals surface area contributed by atoms with Crippen molar-refractivity contribution in [2.75, 3.05) is 6.54 Å². The molecule has 0 bridgehead atoms. The Kier molecular flexibility index (Phi) is 6.03. The number of hydrogen-bond acceptors (Lipinski definition) is 3. The van der Waals surface area contributed by atoms with Crippen LogP contribution in [0.3, 0.4) is 0 Å². The molecule has 94 valence electrons. The predicted octanol–water partition coefficient (Wildman–Crippen LogP) is 0.132. The normalized spacial score (nSPS) is 13.2. The molecule has 0 spiro atoms. The second-order valence-electron chi connectivity index (χ2n) is 5.30. The first-order valence-corrected chi connectivity index (χ1v) is 5.51. The minimum absolute atomic E-state index is 0.118. The Hall–Kier alpha value is -1.10. The van der Waals surface area contributed by atoms with E-state index >= 15 is 0 Å². The topological polar surface area (TPSA) is 98.2 Å². The molecule has 0 aromatic carbocycles. The smallest absolute Gasteiger partial charge is 0.221 e. The Morgan fingerprint density at radius 1 is 1.31 bits per heavy atom. The second-order valence-corrected chi connectivity index (χ2v) is 5.30. The fraction of sp³-hybridized carbons (Fsp3) is 0.818. The molecule has 5 nitrogen and oxygen atoms in total. The molecule has 0 fully saturated rings. The number of hydrogen-bond donors (Lipinski definition) is 3. The van der Waals surface area contributed by atoms with Crippen LogP contribution < -0.4 is 16.8 Å². The molecule has 0 aliphatic rings. The quantitative estimate of drug-likeness (QED) is 0.604. The number of nitrogens with two attached hydrogens (primary N) is 2. The first kappa shape index (κ1) is 14.9. The maximum atomic E-state index is 11.4. The van der Waals surface area contributed by atoms with Crippen molar-refractivity contribution in [3.05, 3.63) is 0 Å². The maximum Gasteiger partial charge on any atom is 0.221 e. The van der Waals surface area contributed by atoms with Gasteiger partial charge in [0.05, 0.1) is 0 Å². The van der Waals surface area contributed by atoms with Crippen molar-refractivity contribution in [3.8, 4) is 0 Å². The van der Waals surface area contributed by atoms with Gasteiger partial charge in [-0.15, -0.1) is 0 Å². The largest absolute Gasteiger partial charge is 0.370 e. The summed E-state index contributed by atoms with van der Waals surface area (Å²) in [5.74, 6) is -0.544. The molecular formula is C11H23N3O2. The molecule has 0 saturated heterocycles. The standard InChI is InChI=1S/C11H23N3O2/c1-11(2,3)7-8(12)6-10(16)14-5-4-9(13)15/h8H,4-7,12H2,1-3H3,(H2,13,15)(H,14,16). The van der Waals surface area contributed by atoms with Gasteiger partial charge < -0.3 is 16.8 Å². The molecule has 5 N–H and O–H groups in total. The lowest BCUT2D eigenvalue weighted by Gasteiger charge is -2.22. The third-order valence-corrected chi connectivity index (χ3v) is 2.02. The van der Waals surface area contributed by atoms with E-state index in [0.29, 0.717) is 0 Å². The minimum Gasteiger partial charge on any atom is -0.370 e. The Balaban J connectivity index is 3.74. The number of carbonyl (C=O) groups excluding carboxylic acids is 2. The van der Waals surface area contributed by atoms with Crippen LogP contribution in [0.25, 0.3) is 0 Å². The molecule has 0 aliphatic heterocycles. The number of primary amides is 1. The van der Waals surface area contributed by atoms with Crippen molar-refractivity contribution in [3.63, 3.8) is 0 Å². The van der Waals surface area contributed by atoms with E-state index in [1.54, 1.807) is 0 Å². The number of rotatable bonds is 6. The first-order chi connectivity index (χ1) is 7.20. The van der Waals surface area contributed by atoms with Crippen LogP contribution in [0.15, 0.2) is 0 Å². The lowest BCUT2D eigenvalue weighted by atomic mass is 9.87. The van der Waals surface area contributed by atoms with Gasteiger partial charge in [0.15, 0.2) is 0 Å². The molecule has 5 heteroatoms. The van der Waals surface area contributed by atoms with E-state index in [4.69, 9.17) is 11.5 Å². The van der Waals surface area contributed by atoms with Crippen LogP contribution in [0, 0.1) is 5.41 Å². The van der Waals surface area contributed by atoms with E-state index in [0.717, 1.165) is 6.42 Å². The van der Waals surface area contributed by atoms with Gasteiger partial charge in [-0.3, -0.25) is 9.59 Å². The summed E-state index contributed by atoms with van der Waals surface area (Å²) in [4.78, 5) is 21.8. The van der Waals surface area contributed by atoms with E-state index in [1.165, 1.54) is 0 Å². The molecule has 1 unspecified atom stereocenters. The molecule has 0 rings (SSSR count). The number of nitrogens with one attached hydrogen (secondary N) is 1. The summed E-state index contributed by atoms with van der Waals surface area (Å²) in [6.07, 6.45) is 1.24. The van der Waals surface area contributed by atoms with Gasteiger partial charge in [0, 0.05) is 25.4 Å². The van der Waals surface area contributed by atoms with Crippen molar-refractivity contribution in [1.82, 2.24) is 5.32 Å². The number of carbonyl (C=O) groups is 2. The van der Waals surface area contributed by atoms with E-state index in [-0.39, 0.29) is 36.8 Å². The highest BCUT2D eigenvalue weighted by molar-refractivity contribution is 5.78. The monoisotopic (exact) mass is 229 g/mol. The van der Waals surface area contributed by atoms with E-state index < -0.39 is 5.91 Å². The molecule has 2 amide bonds. The molecule has 0 aromatic rings. The Morgan fingerprint density at radius 3 is 2.31 bits per heavy atom. The molecule has 16 heavy (non-hydrogen) atoms. The van der Waals surface area contributed by atoms with Crippen LogP contribution in [0.1, 0.15) is 40.0 Å². The molecule has 1 atom stereocenters. The van der Waals surface area contributed by atoms with Crippen molar-refractivity contribution >= 4 is 11.8 Å². The minimum atomic E-state index is -0.417. The zero-order chi connectivity index (χ0) is 12.8. The summed E-state index contributed by atoms with van der Waals surface area (Å²) in [5, 5.41) is 2.61. The van der Waals surface area contributed by atoms with Crippen molar-refractivity contribution in [1.29, 1.82) is 0 Å². The highest BCUT2D eigenvalue weighted by Crippen LogP contribution is 2.20. The summed E-state index contributed by atoms with van der Waals surface area (Å²) in [6, 6.07) is -0.145. The highest BCUT2D eigenvalue weighted by Gasteiger charge is 2.17. The van der Waals surface area contributed by atoms with Crippen LogP contribution >= 0.6 is 0 Å². The average molecular weight is 229 g/mol. The van der Waals surface area contributed by atoms with Crippen LogP contribution in [-0.2, 0) is 9.59 Å². The zero-order valence-electron chi connectivity index (χ0n) is 10.4. The first-order valence-electron chi connectivity index (χ1n) is 5.51. The summed E-state index contributed by atoms with van der Waals surface area (Å²) < 4.78 is 0. The van der Waals surface area contributed by atoms with E-state index in [9.17, 15) is 9.59 Å². The Labute approximate surface area is 96.9 Å². The van der Waals surface area contributed by atoms with Gasteiger partial charge in [-0.05, 0) is 11.8 Å². The third kappa shape index (κ3) is 9.45. The summed E-state index contributed by atoms with van der Waals surface area (Å²) in [7, 11) is 0. The predicted molar refractivity (Wildman–Crippen MR) is 63.5 cm³/mol. The van der Waals surface area contributed by atoms with Gasteiger partial charge in [0.2, 0.25) is 11.8 Å². The van der Waals surface area contributed by atoms with Gasteiger partial charge in [-0.2, -0.15) is 0 Å². The third-order valence-electron chi connectivity index (χ3n) is 2.02. The lowest BCUT2D eigenvalue weighted by Crippen LogP contribution is -2.35. The Bertz CT molecular complexity index is 246. The van der Waals surface area contributed by atoms with Crippen LogP contribution in [-0.4, -0.2) is 24.4 Å². The molecule has 0 radical (unpaired) electrons. The van der Waals surface area contributed by atoms with Gasteiger partial charge in [0.1, 0.15) is 0 Å². The Morgan fingerprint density at radius 2 is 1.88 bits per heavy atom. The number of amides is 2. The molecule has 0 saturated carbocycles. The van der Waals surface area contributed by atoms with Gasteiger partial charge in [0.25, 0.3) is 0 Å². The zero-order valence-corrected chi connectivity index (χ0v) is 10.4. The van der Waals surface area contributed by atoms with Crippen molar-refractivity contribution in [2.24, 2.45) is 16.9 Å². The lowest BCUT2D eigenvalue weighted by molar-refractivity contribution is -0.121. The molecule has 0 aromatic heterocycles. The summed E-state index contributed by atoms with van der Waals surface area (Å²) >= 11 is 0. The van der Waals surface area contributed by atoms with Gasteiger partial charge in [-0.25, -0.2) is 0 Å². The summed E-state index contributed by atoms with van der Waals surface area (Å²) in [5.41, 5.74) is 10.9. The van der Waals surface area contributed by atoms with Crippen molar-refractivity contribution < 1.29 is 9.59 Å². The fourth-order valence-corrected chi connectivity index (χ4v) is 1.49. The molecule has 0 heterocycles. The maximum absolute atomic E-state index is 11.4. The second kappa shape index (κ2) is 6.48. The van der Waals surface area contributed by atoms with Crippen LogP contribution in [0.4, 0.5) is 0 Å². The van der Waals surface area contributed by atoms with E-state index in [2.05, 4.69) is 26.1 Å². The fourth-order valence-electron chi connectivity index (χ4n) is 1.49. The molecule has 0 aliphatic carbocycles. The van der Waals surface area contributed by atoms with Crippen molar-refractivity contribution in [2.45, 2.75) is 46.1 Å². The summed E-state index contributed by atoms with van der Waals surface area (Å²) in [6.45, 7) is 6.53. The molecular weight excluding hydrogens is 206 g/mol. The average Bonchev–Trinajstić information content (AvgIpc) is 1.98. The van der Waals surface area contributed by atoms with Gasteiger partial charge >= 0.3 is 0 Å². The van der Waals surface area contributed by atoms with Crippen LogP contribution in [0.2, 0.25) is 0 Å². The van der Waals surface area contributed by atoms with Crippen LogP contribution in [0.5, 0.6) is 0 Å². The van der Waals surface area contributed by atoms with Gasteiger partial charge in [-0.1, -0.05) is 20.8 Å². The SMILES string of the molecule is CC(C)(C)CC(N)CC(=O)NCCC(N)=O. The van der Waals surface area contributed by atoms with E-state index in [1.807, 2.05) is 0 Å².